The van der Waals surface area contributed by atoms with Gasteiger partial charge in [-0.3, -0.25) is 13.9 Å². The summed E-state index contributed by atoms with van der Waals surface area (Å²) >= 11 is 0. The van der Waals surface area contributed by atoms with Crippen LogP contribution in [0.4, 0.5) is 18.9 Å². The number of amides is 2. The van der Waals surface area contributed by atoms with Crippen molar-refractivity contribution in [1.82, 2.24) is 10.2 Å². The summed E-state index contributed by atoms with van der Waals surface area (Å²) in [4.78, 5) is 28.6. The molecule has 0 heterocycles. The molecule has 0 aliphatic heterocycles. The van der Waals surface area contributed by atoms with Gasteiger partial charge in [0.05, 0.1) is 11.9 Å². The van der Waals surface area contributed by atoms with Crippen molar-refractivity contribution in [2.75, 3.05) is 17.1 Å². The molecule has 7 nitrogen and oxygen atoms in total. The van der Waals surface area contributed by atoms with Crippen LogP contribution >= 0.6 is 0 Å². The summed E-state index contributed by atoms with van der Waals surface area (Å²) in [6.07, 6.45) is 0.865. The Bertz CT molecular complexity index is 1460. The lowest BCUT2D eigenvalue weighted by Crippen LogP contribution is -2.56. The Morgan fingerprint density at radius 3 is 2.08 bits per heavy atom. The molecule has 40 heavy (non-hydrogen) atoms. The topological polar surface area (TPSA) is 86.8 Å². The third-order valence-corrected chi connectivity index (χ3v) is 7.08. The zero-order valence-electron chi connectivity index (χ0n) is 22.7. The van der Waals surface area contributed by atoms with Crippen LogP contribution in [-0.4, -0.2) is 49.5 Å². The van der Waals surface area contributed by atoms with Gasteiger partial charge in [0.1, 0.15) is 18.4 Å². The Hall–Kier alpha value is -3.86. The standard InChI is InChI=1S/C29H32F3N3O4S/c1-29(2,3)33-28(37)26(16-20-10-6-5-7-11-20)34(18-21-12-8-9-13-23(21)30)27(36)19-35(40(4,38)39)22-14-15-24(31)25(32)17-22/h5-15,17,26H,16,18-19H2,1-4H3,(H,33,37). The first-order valence-electron chi connectivity index (χ1n) is 12.5. The third kappa shape index (κ3) is 8.32. The largest absolute Gasteiger partial charge is 0.350 e. The zero-order chi connectivity index (χ0) is 29.7. The van der Waals surface area contributed by atoms with E-state index in [2.05, 4.69) is 5.32 Å². The Balaban J connectivity index is 2.10. The molecule has 1 N–H and O–H groups in total. The van der Waals surface area contributed by atoms with Crippen molar-refractivity contribution in [3.8, 4) is 0 Å². The molecule has 214 valence electrons. The minimum atomic E-state index is -4.17. The van der Waals surface area contributed by atoms with Gasteiger partial charge in [0.2, 0.25) is 21.8 Å². The van der Waals surface area contributed by atoms with Crippen LogP contribution in [-0.2, 0) is 32.6 Å². The zero-order valence-corrected chi connectivity index (χ0v) is 23.5. The summed E-state index contributed by atoms with van der Waals surface area (Å²) in [5.74, 6) is -4.47. The van der Waals surface area contributed by atoms with Crippen LogP contribution in [0.1, 0.15) is 31.9 Å². The molecule has 2 amide bonds. The highest BCUT2D eigenvalue weighted by molar-refractivity contribution is 7.92. The number of hydrogen-bond acceptors (Lipinski definition) is 4. The van der Waals surface area contributed by atoms with Gasteiger partial charge >= 0.3 is 0 Å². The second kappa shape index (κ2) is 12.5. The fourth-order valence-electron chi connectivity index (χ4n) is 4.07. The minimum Gasteiger partial charge on any atom is -0.350 e. The van der Waals surface area contributed by atoms with E-state index in [4.69, 9.17) is 0 Å². The molecule has 0 saturated heterocycles. The number of sulfonamides is 1. The van der Waals surface area contributed by atoms with Crippen molar-refractivity contribution in [1.29, 1.82) is 0 Å². The van der Waals surface area contributed by atoms with E-state index in [1.807, 2.05) is 0 Å². The van der Waals surface area contributed by atoms with E-state index < -0.39 is 57.4 Å². The molecule has 0 saturated carbocycles. The molecule has 0 aliphatic rings. The number of carbonyl (C=O) groups is 2. The summed E-state index contributed by atoms with van der Waals surface area (Å²) in [5, 5.41) is 2.85. The van der Waals surface area contributed by atoms with Gasteiger partial charge in [0, 0.05) is 30.1 Å². The van der Waals surface area contributed by atoms with Gasteiger partial charge < -0.3 is 10.2 Å². The lowest BCUT2D eigenvalue weighted by molar-refractivity contribution is -0.140. The number of anilines is 1. The first kappa shape index (κ1) is 30.7. The smallest absolute Gasteiger partial charge is 0.244 e. The molecule has 3 rings (SSSR count). The van der Waals surface area contributed by atoms with E-state index in [1.54, 1.807) is 57.2 Å². The molecular weight excluding hydrogens is 543 g/mol. The maximum atomic E-state index is 14.8. The predicted octanol–water partition coefficient (Wildman–Crippen LogP) is 4.42. The molecule has 0 aromatic heterocycles. The summed E-state index contributed by atoms with van der Waals surface area (Å²) in [7, 11) is -4.17. The molecule has 3 aromatic carbocycles. The maximum Gasteiger partial charge on any atom is 0.244 e. The number of hydrogen-bond donors (Lipinski definition) is 1. The van der Waals surface area contributed by atoms with Gasteiger partial charge in [-0.25, -0.2) is 21.6 Å². The van der Waals surface area contributed by atoms with Crippen molar-refractivity contribution in [2.24, 2.45) is 0 Å². The van der Waals surface area contributed by atoms with Crippen molar-refractivity contribution in [2.45, 2.75) is 45.3 Å². The predicted molar refractivity (Wildman–Crippen MR) is 147 cm³/mol. The molecule has 11 heteroatoms. The number of halogens is 3. The summed E-state index contributed by atoms with van der Waals surface area (Å²) < 4.78 is 68.3. The van der Waals surface area contributed by atoms with Crippen molar-refractivity contribution < 1.29 is 31.2 Å². The highest BCUT2D eigenvalue weighted by Crippen LogP contribution is 2.23. The van der Waals surface area contributed by atoms with E-state index in [0.29, 0.717) is 15.9 Å². The molecule has 0 fully saturated rings. The Labute approximate surface area is 232 Å². The van der Waals surface area contributed by atoms with Gasteiger partial charge in [-0.1, -0.05) is 48.5 Å². The van der Waals surface area contributed by atoms with Crippen LogP contribution in [0.25, 0.3) is 0 Å². The highest BCUT2D eigenvalue weighted by Gasteiger charge is 2.34. The summed E-state index contributed by atoms with van der Waals surface area (Å²) in [5.41, 5.74) is -0.137. The Kier molecular flexibility index (Phi) is 9.62. The van der Waals surface area contributed by atoms with Crippen LogP contribution in [0.15, 0.2) is 72.8 Å². The van der Waals surface area contributed by atoms with E-state index in [-0.39, 0.29) is 24.2 Å². The molecule has 1 unspecified atom stereocenters. The molecule has 1 atom stereocenters. The van der Waals surface area contributed by atoms with Crippen molar-refractivity contribution in [3.05, 3.63) is 101 Å². The number of nitrogens with one attached hydrogen (secondary N) is 1. The fourth-order valence-corrected chi connectivity index (χ4v) is 4.91. The van der Waals surface area contributed by atoms with Crippen LogP contribution in [0.5, 0.6) is 0 Å². The minimum absolute atomic E-state index is 0.0486. The van der Waals surface area contributed by atoms with Crippen LogP contribution < -0.4 is 9.62 Å². The SMILES string of the molecule is CC(C)(C)NC(=O)C(Cc1ccccc1)N(Cc1ccccc1F)C(=O)CN(c1ccc(F)c(F)c1)S(C)(=O)=O. The van der Waals surface area contributed by atoms with E-state index in [9.17, 15) is 31.2 Å². The lowest BCUT2D eigenvalue weighted by Gasteiger charge is -2.35. The third-order valence-electron chi connectivity index (χ3n) is 5.94. The number of nitrogens with zero attached hydrogens (tertiary/aromatic N) is 2. The van der Waals surface area contributed by atoms with Crippen molar-refractivity contribution >= 4 is 27.5 Å². The molecule has 0 radical (unpaired) electrons. The maximum absolute atomic E-state index is 14.8. The second-order valence-electron chi connectivity index (χ2n) is 10.4. The molecule has 0 spiro atoms. The monoisotopic (exact) mass is 575 g/mol. The van der Waals surface area contributed by atoms with Gasteiger partial charge in [0.15, 0.2) is 11.6 Å². The average Bonchev–Trinajstić information content (AvgIpc) is 2.86. The van der Waals surface area contributed by atoms with Crippen LogP contribution in [0, 0.1) is 17.5 Å². The molecule has 3 aromatic rings. The first-order valence-corrected chi connectivity index (χ1v) is 14.3. The average molecular weight is 576 g/mol. The van der Waals surface area contributed by atoms with E-state index >= 15 is 0 Å². The van der Waals surface area contributed by atoms with E-state index in [1.165, 1.54) is 18.2 Å². The summed E-state index contributed by atoms with van der Waals surface area (Å²) in [6.45, 7) is 4.11. The fraction of sp³-hybridized carbons (Fsp3) is 0.310. The quantitative estimate of drug-likeness (QED) is 0.388. The normalized spacial score (nSPS) is 12.5. The van der Waals surface area contributed by atoms with Crippen LogP contribution in [0.3, 0.4) is 0 Å². The summed E-state index contributed by atoms with van der Waals surface area (Å²) in [6, 6.07) is 15.9. The van der Waals surface area contributed by atoms with Gasteiger partial charge in [-0.05, 0) is 44.5 Å². The Morgan fingerprint density at radius 2 is 1.50 bits per heavy atom. The second-order valence-corrected chi connectivity index (χ2v) is 12.3. The number of benzene rings is 3. The lowest BCUT2D eigenvalue weighted by atomic mass is 10.0. The highest BCUT2D eigenvalue weighted by atomic mass is 32.2. The molecule has 0 bridgehead atoms. The van der Waals surface area contributed by atoms with Gasteiger partial charge in [0.25, 0.3) is 0 Å². The molecule has 0 aliphatic carbocycles. The molecular formula is C29H32F3N3O4S. The Morgan fingerprint density at radius 1 is 0.875 bits per heavy atom. The number of carbonyl (C=O) groups excluding carboxylic acids is 2. The van der Waals surface area contributed by atoms with Crippen LogP contribution in [0.2, 0.25) is 0 Å². The first-order chi connectivity index (χ1) is 18.7. The van der Waals surface area contributed by atoms with Gasteiger partial charge in [-0.2, -0.15) is 0 Å². The van der Waals surface area contributed by atoms with Crippen molar-refractivity contribution in [3.63, 3.8) is 0 Å². The van der Waals surface area contributed by atoms with E-state index in [0.717, 1.165) is 23.3 Å². The number of rotatable bonds is 10. The van der Waals surface area contributed by atoms with Gasteiger partial charge in [-0.15, -0.1) is 0 Å².